The van der Waals surface area contributed by atoms with Crippen LogP contribution in [-0.2, 0) is 4.79 Å². The first-order valence-electron chi connectivity index (χ1n) is 7.98. The molecule has 0 spiro atoms. The van der Waals surface area contributed by atoms with E-state index in [0.717, 1.165) is 32.1 Å². The molecule has 114 valence electrons. The van der Waals surface area contributed by atoms with Crippen LogP contribution >= 0.6 is 0 Å². The predicted octanol–water partition coefficient (Wildman–Crippen LogP) is 2.52. The molecule has 0 bridgehead atoms. The number of carbonyl (C=O) groups is 1. The summed E-state index contributed by atoms with van der Waals surface area (Å²) in [4.78, 5) is 12.7. The van der Waals surface area contributed by atoms with E-state index in [1.165, 1.54) is 25.7 Å². The van der Waals surface area contributed by atoms with Gasteiger partial charge in [-0.1, -0.05) is 50.1 Å². The Morgan fingerprint density at radius 2 is 1.60 bits per heavy atom. The lowest BCUT2D eigenvalue weighted by atomic mass is 9.72. The molecular formula is C15H27N3O2. The van der Waals surface area contributed by atoms with Crippen LogP contribution in [0, 0.1) is 5.41 Å². The van der Waals surface area contributed by atoms with Crippen LogP contribution in [0.3, 0.4) is 0 Å². The van der Waals surface area contributed by atoms with Gasteiger partial charge in [-0.2, -0.15) is 0 Å². The van der Waals surface area contributed by atoms with E-state index in [4.69, 9.17) is 10.9 Å². The van der Waals surface area contributed by atoms with E-state index in [1.54, 1.807) is 0 Å². The van der Waals surface area contributed by atoms with E-state index in [0.29, 0.717) is 12.8 Å². The molecule has 5 nitrogen and oxygen atoms in total. The van der Waals surface area contributed by atoms with Crippen molar-refractivity contribution in [3.8, 4) is 0 Å². The van der Waals surface area contributed by atoms with Crippen LogP contribution in [-0.4, -0.2) is 23.0 Å². The molecule has 0 saturated heterocycles. The summed E-state index contributed by atoms with van der Waals surface area (Å²) in [5.74, 6) is 0.0581. The maximum atomic E-state index is 12.7. The molecule has 5 heteroatoms. The van der Waals surface area contributed by atoms with Gasteiger partial charge >= 0.3 is 0 Å². The third-order valence-corrected chi connectivity index (χ3v) is 4.93. The van der Waals surface area contributed by atoms with Crippen molar-refractivity contribution in [1.29, 1.82) is 0 Å². The minimum Gasteiger partial charge on any atom is -0.409 e. The number of amidine groups is 1. The zero-order chi connectivity index (χ0) is 14.4. The van der Waals surface area contributed by atoms with Crippen LogP contribution in [0.15, 0.2) is 5.16 Å². The zero-order valence-electron chi connectivity index (χ0n) is 12.2. The summed E-state index contributed by atoms with van der Waals surface area (Å²) in [5, 5.41) is 15.4. The number of amides is 1. The highest BCUT2D eigenvalue weighted by molar-refractivity contribution is 6.06. The first-order chi connectivity index (χ1) is 9.69. The van der Waals surface area contributed by atoms with Gasteiger partial charge in [0.05, 0.1) is 0 Å². The van der Waals surface area contributed by atoms with Gasteiger partial charge in [0.2, 0.25) is 5.91 Å². The first-order valence-corrected chi connectivity index (χ1v) is 7.98. The highest BCUT2D eigenvalue weighted by atomic mass is 16.4. The number of hydrogen-bond donors (Lipinski definition) is 3. The second-order valence-corrected chi connectivity index (χ2v) is 6.29. The van der Waals surface area contributed by atoms with Gasteiger partial charge in [0.1, 0.15) is 5.41 Å². The summed E-state index contributed by atoms with van der Waals surface area (Å²) in [6.07, 6.45) is 11.4. The molecule has 0 heterocycles. The number of carbonyl (C=O) groups excluding carboxylic acids is 1. The molecule has 0 aliphatic heterocycles. The smallest absolute Gasteiger partial charge is 0.234 e. The molecule has 0 atom stereocenters. The summed E-state index contributed by atoms with van der Waals surface area (Å²) in [7, 11) is 0. The second-order valence-electron chi connectivity index (χ2n) is 6.29. The maximum absolute atomic E-state index is 12.7. The molecule has 2 fully saturated rings. The van der Waals surface area contributed by atoms with E-state index in [1.807, 2.05) is 0 Å². The molecule has 2 rings (SSSR count). The van der Waals surface area contributed by atoms with Gasteiger partial charge in [-0.25, -0.2) is 0 Å². The number of nitrogens with one attached hydrogen (secondary N) is 1. The Morgan fingerprint density at radius 1 is 1.05 bits per heavy atom. The number of rotatable bonds is 3. The standard InChI is InChI=1S/C15H27N3O2/c16-13(18-20)15(10-6-3-7-11-15)14(19)17-12-8-4-1-2-5-9-12/h12,20H,1-11H2,(H2,16,18)(H,17,19). The van der Waals surface area contributed by atoms with Gasteiger partial charge in [-0.05, 0) is 25.7 Å². The molecule has 0 unspecified atom stereocenters. The lowest BCUT2D eigenvalue weighted by Crippen LogP contribution is -2.53. The van der Waals surface area contributed by atoms with Gasteiger partial charge in [-0.3, -0.25) is 4.79 Å². The van der Waals surface area contributed by atoms with E-state index >= 15 is 0 Å². The van der Waals surface area contributed by atoms with Crippen LogP contribution in [0.4, 0.5) is 0 Å². The van der Waals surface area contributed by atoms with Crippen molar-refractivity contribution in [2.45, 2.75) is 76.7 Å². The van der Waals surface area contributed by atoms with Crippen LogP contribution in [0.25, 0.3) is 0 Å². The van der Waals surface area contributed by atoms with Crippen LogP contribution in [0.5, 0.6) is 0 Å². The molecule has 2 aliphatic rings. The zero-order valence-corrected chi connectivity index (χ0v) is 12.2. The first kappa shape index (κ1) is 15.1. The quantitative estimate of drug-likeness (QED) is 0.244. The molecular weight excluding hydrogens is 254 g/mol. The molecule has 20 heavy (non-hydrogen) atoms. The monoisotopic (exact) mass is 281 g/mol. The Balaban J connectivity index is 2.06. The van der Waals surface area contributed by atoms with Crippen molar-refractivity contribution in [1.82, 2.24) is 5.32 Å². The molecule has 2 saturated carbocycles. The average molecular weight is 281 g/mol. The second kappa shape index (κ2) is 6.95. The summed E-state index contributed by atoms with van der Waals surface area (Å²) in [6.45, 7) is 0. The highest BCUT2D eigenvalue weighted by Crippen LogP contribution is 2.37. The number of nitrogens with two attached hydrogens (primary N) is 1. The normalized spacial score (nSPS) is 24.9. The van der Waals surface area contributed by atoms with E-state index in [-0.39, 0.29) is 17.8 Å². The van der Waals surface area contributed by atoms with Gasteiger partial charge in [0.15, 0.2) is 5.84 Å². The summed E-state index contributed by atoms with van der Waals surface area (Å²) in [6, 6.07) is 0.260. The Kier molecular flexibility index (Phi) is 5.26. The van der Waals surface area contributed by atoms with E-state index < -0.39 is 5.41 Å². The summed E-state index contributed by atoms with van der Waals surface area (Å²) in [5.41, 5.74) is 5.08. The maximum Gasteiger partial charge on any atom is 0.234 e. The van der Waals surface area contributed by atoms with Gasteiger partial charge in [0.25, 0.3) is 0 Å². The largest absolute Gasteiger partial charge is 0.409 e. The van der Waals surface area contributed by atoms with Crippen LogP contribution in [0.1, 0.15) is 70.6 Å². The Morgan fingerprint density at radius 3 is 2.15 bits per heavy atom. The molecule has 0 radical (unpaired) electrons. The van der Waals surface area contributed by atoms with Crippen molar-refractivity contribution >= 4 is 11.7 Å². The average Bonchev–Trinajstić information content (AvgIpc) is 2.75. The number of nitrogens with zero attached hydrogens (tertiary/aromatic N) is 1. The lowest BCUT2D eigenvalue weighted by molar-refractivity contribution is -0.129. The van der Waals surface area contributed by atoms with Crippen LogP contribution < -0.4 is 11.1 Å². The van der Waals surface area contributed by atoms with Gasteiger partial charge < -0.3 is 16.3 Å². The minimum absolute atomic E-state index is 0.0283. The van der Waals surface area contributed by atoms with Crippen molar-refractivity contribution in [3.05, 3.63) is 0 Å². The minimum atomic E-state index is -0.778. The molecule has 0 aromatic rings. The number of oxime groups is 1. The lowest BCUT2D eigenvalue weighted by Gasteiger charge is -2.35. The van der Waals surface area contributed by atoms with E-state index in [9.17, 15) is 4.79 Å². The van der Waals surface area contributed by atoms with Crippen molar-refractivity contribution in [2.24, 2.45) is 16.3 Å². The molecule has 4 N–H and O–H groups in total. The molecule has 2 aliphatic carbocycles. The highest BCUT2D eigenvalue weighted by Gasteiger charge is 2.44. The summed E-state index contributed by atoms with van der Waals surface area (Å²) < 4.78 is 0. The third kappa shape index (κ3) is 3.25. The Bertz CT molecular complexity index is 354. The fraction of sp³-hybridized carbons (Fsp3) is 0.867. The molecule has 0 aromatic heterocycles. The van der Waals surface area contributed by atoms with Gasteiger partial charge in [-0.15, -0.1) is 0 Å². The molecule has 0 aromatic carbocycles. The topological polar surface area (TPSA) is 87.7 Å². The fourth-order valence-electron chi connectivity index (χ4n) is 3.60. The number of hydrogen-bond acceptors (Lipinski definition) is 3. The molecule has 1 amide bonds. The van der Waals surface area contributed by atoms with Crippen molar-refractivity contribution in [3.63, 3.8) is 0 Å². The fourth-order valence-corrected chi connectivity index (χ4v) is 3.60. The van der Waals surface area contributed by atoms with Crippen molar-refractivity contribution in [2.75, 3.05) is 0 Å². The van der Waals surface area contributed by atoms with Crippen LogP contribution in [0.2, 0.25) is 0 Å². The summed E-state index contributed by atoms with van der Waals surface area (Å²) >= 11 is 0. The Labute approximate surface area is 121 Å². The van der Waals surface area contributed by atoms with E-state index in [2.05, 4.69) is 10.5 Å². The predicted molar refractivity (Wildman–Crippen MR) is 78.6 cm³/mol. The van der Waals surface area contributed by atoms with Crippen molar-refractivity contribution < 1.29 is 10.0 Å². The third-order valence-electron chi connectivity index (χ3n) is 4.93. The Hall–Kier alpha value is -1.26. The van der Waals surface area contributed by atoms with Gasteiger partial charge in [0, 0.05) is 6.04 Å². The SMILES string of the molecule is NC(=NO)C1(C(=O)NC2CCCCCC2)CCCCC1.